The van der Waals surface area contributed by atoms with E-state index in [0.29, 0.717) is 16.7 Å². The van der Waals surface area contributed by atoms with Crippen molar-refractivity contribution in [1.82, 2.24) is 4.98 Å². The molecule has 1 aliphatic rings. The minimum Gasteiger partial charge on any atom is -0.466 e. The smallest absolute Gasteiger partial charge is 0.355 e. The third-order valence-electron chi connectivity index (χ3n) is 6.64. The highest BCUT2D eigenvalue weighted by Gasteiger charge is 2.43. The summed E-state index contributed by atoms with van der Waals surface area (Å²) in [6.07, 6.45) is 0. The predicted molar refractivity (Wildman–Crippen MR) is 149 cm³/mol. The van der Waals surface area contributed by atoms with Crippen LogP contribution in [0.15, 0.2) is 105 Å². The highest BCUT2D eigenvalue weighted by Crippen LogP contribution is 2.46. The number of esters is 2. The second kappa shape index (κ2) is 10.8. The van der Waals surface area contributed by atoms with E-state index in [1.807, 2.05) is 6.07 Å². The van der Waals surface area contributed by atoms with Crippen LogP contribution in [0.2, 0.25) is 0 Å². The lowest BCUT2D eigenvalue weighted by molar-refractivity contribution is -0.139. The van der Waals surface area contributed by atoms with E-state index in [9.17, 15) is 27.8 Å². The average molecular weight is 587 g/mol. The number of aromatic nitrogens is 1. The second-order valence-electron chi connectivity index (χ2n) is 8.98. The largest absolute Gasteiger partial charge is 0.466 e. The van der Waals surface area contributed by atoms with Crippen LogP contribution in [0.5, 0.6) is 0 Å². The number of para-hydroxylation sites is 2. The molecule has 1 aliphatic heterocycles. The molecule has 2 heterocycles. The molecule has 212 valence electrons. The van der Waals surface area contributed by atoms with Crippen LogP contribution in [-0.4, -0.2) is 44.1 Å². The molecule has 5 rings (SSSR count). The molecule has 0 bridgehead atoms. The van der Waals surface area contributed by atoms with Gasteiger partial charge in [-0.3, -0.25) is 9.45 Å². The quantitative estimate of drug-likeness (QED) is 0.247. The maximum absolute atomic E-state index is 13.4. The number of fused-ring (bicyclic) bond motifs is 1. The molecule has 13 heteroatoms. The third kappa shape index (κ3) is 4.74. The van der Waals surface area contributed by atoms with E-state index in [4.69, 9.17) is 19.6 Å². The van der Waals surface area contributed by atoms with Crippen LogP contribution in [0.4, 0.5) is 5.69 Å². The highest BCUT2D eigenvalue weighted by atomic mass is 32.2. The van der Waals surface area contributed by atoms with E-state index in [0.717, 1.165) is 31.3 Å². The Morgan fingerprint density at radius 1 is 1.02 bits per heavy atom. The summed E-state index contributed by atoms with van der Waals surface area (Å²) in [5, 5.41) is 10.3. The van der Waals surface area contributed by atoms with Gasteiger partial charge in [-0.25, -0.2) is 14.6 Å². The van der Waals surface area contributed by atoms with Gasteiger partial charge in [0.1, 0.15) is 17.0 Å². The van der Waals surface area contributed by atoms with Crippen LogP contribution in [0, 0.1) is 11.3 Å². The standard InChI is InChI=1S/C29H22N4O8S/c1-39-28(34)24-23(16-8-4-3-5-9-16)19(15-30)26(31)33(25(24)29(35)40-2)21-13-12-17(42(36,37)38)14-18(21)27-32-20-10-6-7-11-22(20)41-27/h3-14,23H,31H2,1-2H3,(H,36,37,38). The number of carbonyl (C=O) groups is 2. The molecule has 42 heavy (non-hydrogen) atoms. The number of nitrogens with two attached hydrogens (primary N) is 1. The van der Waals surface area contributed by atoms with Crippen LogP contribution in [-0.2, 0) is 29.2 Å². The van der Waals surface area contributed by atoms with Crippen LogP contribution in [0.3, 0.4) is 0 Å². The average Bonchev–Trinajstić information content (AvgIpc) is 3.43. The first-order valence-electron chi connectivity index (χ1n) is 12.2. The lowest BCUT2D eigenvalue weighted by Gasteiger charge is -2.36. The lowest BCUT2D eigenvalue weighted by atomic mass is 9.80. The number of hydrogen-bond acceptors (Lipinski definition) is 11. The molecule has 0 amide bonds. The number of oxazole rings is 1. The Morgan fingerprint density at radius 3 is 2.31 bits per heavy atom. The number of carbonyl (C=O) groups excluding carboxylic acids is 2. The summed E-state index contributed by atoms with van der Waals surface area (Å²) in [7, 11) is -2.49. The Bertz CT molecular complexity index is 1920. The number of rotatable bonds is 6. The first-order chi connectivity index (χ1) is 20.1. The van der Waals surface area contributed by atoms with Gasteiger partial charge in [0.2, 0.25) is 5.89 Å². The first-order valence-corrected chi connectivity index (χ1v) is 13.7. The van der Waals surface area contributed by atoms with E-state index in [-0.39, 0.29) is 39.8 Å². The van der Waals surface area contributed by atoms with Crippen molar-refractivity contribution in [2.24, 2.45) is 5.73 Å². The van der Waals surface area contributed by atoms with Crippen molar-refractivity contribution in [3.8, 4) is 17.5 Å². The fourth-order valence-corrected chi connectivity index (χ4v) is 5.30. The molecule has 0 fully saturated rings. The number of anilines is 1. The number of nitrogens with zero attached hydrogens (tertiary/aromatic N) is 3. The van der Waals surface area contributed by atoms with Gasteiger partial charge < -0.3 is 19.6 Å². The van der Waals surface area contributed by atoms with Crippen molar-refractivity contribution in [1.29, 1.82) is 5.26 Å². The van der Waals surface area contributed by atoms with Crippen molar-refractivity contribution >= 4 is 38.8 Å². The zero-order valence-corrected chi connectivity index (χ0v) is 23.0. The summed E-state index contributed by atoms with van der Waals surface area (Å²) in [5.74, 6) is -3.40. The molecule has 0 radical (unpaired) electrons. The number of nitriles is 1. The monoisotopic (exact) mass is 586 g/mol. The number of hydrogen-bond donors (Lipinski definition) is 2. The fourth-order valence-electron chi connectivity index (χ4n) is 4.79. The van der Waals surface area contributed by atoms with Crippen molar-refractivity contribution in [2.75, 3.05) is 19.1 Å². The molecule has 12 nitrogen and oxygen atoms in total. The molecule has 3 N–H and O–H groups in total. The number of allylic oxidation sites excluding steroid dienone is 1. The molecule has 3 aromatic carbocycles. The van der Waals surface area contributed by atoms with Gasteiger partial charge in [0.25, 0.3) is 10.1 Å². The van der Waals surface area contributed by atoms with Crippen molar-refractivity contribution < 1.29 is 36.5 Å². The topological polar surface area (TPSA) is 186 Å². The van der Waals surface area contributed by atoms with Crippen molar-refractivity contribution in [3.05, 3.63) is 101 Å². The van der Waals surface area contributed by atoms with Gasteiger partial charge in [-0.2, -0.15) is 13.7 Å². The van der Waals surface area contributed by atoms with Gasteiger partial charge in [-0.05, 0) is 35.9 Å². The summed E-state index contributed by atoms with van der Waals surface area (Å²) in [5.41, 5.74) is 7.08. The lowest BCUT2D eigenvalue weighted by Crippen LogP contribution is -2.41. The first kappa shape index (κ1) is 28.1. The van der Waals surface area contributed by atoms with Gasteiger partial charge in [-0.15, -0.1) is 0 Å². The van der Waals surface area contributed by atoms with Gasteiger partial charge >= 0.3 is 11.9 Å². The Hall–Kier alpha value is -5.45. The molecule has 0 saturated heterocycles. The van der Waals surface area contributed by atoms with E-state index < -0.39 is 32.9 Å². The Balaban J connectivity index is 1.89. The molecule has 0 saturated carbocycles. The Kier molecular flexibility index (Phi) is 7.25. The predicted octanol–water partition coefficient (Wildman–Crippen LogP) is 3.64. The molecule has 1 atom stereocenters. The maximum atomic E-state index is 13.4. The van der Waals surface area contributed by atoms with E-state index in [1.165, 1.54) is 6.07 Å². The van der Waals surface area contributed by atoms with Crippen LogP contribution < -0.4 is 10.6 Å². The second-order valence-corrected chi connectivity index (χ2v) is 10.4. The third-order valence-corrected chi connectivity index (χ3v) is 7.49. The van der Waals surface area contributed by atoms with Gasteiger partial charge in [-0.1, -0.05) is 42.5 Å². The van der Waals surface area contributed by atoms with E-state index >= 15 is 0 Å². The zero-order valence-electron chi connectivity index (χ0n) is 22.1. The highest BCUT2D eigenvalue weighted by molar-refractivity contribution is 7.85. The summed E-state index contributed by atoms with van der Waals surface area (Å²) in [6, 6.07) is 20.6. The SMILES string of the molecule is COC(=O)C1=C(C(=O)OC)N(c2ccc(S(=O)(=O)O)cc2-c2nc3ccccc3o2)C(N)=C(C#N)C1c1ccccc1. The fraction of sp³-hybridized carbons (Fsp3) is 0.103. The summed E-state index contributed by atoms with van der Waals surface area (Å²) < 4.78 is 50.0. The van der Waals surface area contributed by atoms with Gasteiger partial charge in [0.05, 0.1) is 53.5 Å². The van der Waals surface area contributed by atoms with Gasteiger partial charge in [0, 0.05) is 0 Å². The van der Waals surface area contributed by atoms with Gasteiger partial charge in [0.15, 0.2) is 5.58 Å². The molecular weight excluding hydrogens is 564 g/mol. The summed E-state index contributed by atoms with van der Waals surface area (Å²) in [4.78, 5) is 31.8. The summed E-state index contributed by atoms with van der Waals surface area (Å²) >= 11 is 0. The molecule has 0 spiro atoms. The molecule has 4 aromatic rings. The Morgan fingerprint density at radius 2 is 1.69 bits per heavy atom. The van der Waals surface area contributed by atoms with E-state index in [2.05, 4.69) is 4.98 Å². The van der Waals surface area contributed by atoms with Crippen LogP contribution in [0.1, 0.15) is 11.5 Å². The van der Waals surface area contributed by atoms with Crippen molar-refractivity contribution in [2.45, 2.75) is 10.8 Å². The van der Waals surface area contributed by atoms with Crippen LogP contribution >= 0.6 is 0 Å². The molecule has 0 aliphatic carbocycles. The number of ether oxygens (including phenoxy) is 2. The molecule has 1 aromatic heterocycles. The number of benzene rings is 3. The molecular formula is C29H22N4O8S. The van der Waals surface area contributed by atoms with Crippen LogP contribution in [0.25, 0.3) is 22.6 Å². The van der Waals surface area contributed by atoms with Crippen molar-refractivity contribution in [3.63, 3.8) is 0 Å². The normalized spacial score (nSPS) is 15.5. The minimum atomic E-state index is -4.71. The zero-order chi connectivity index (χ0) is 30.2. The van der Waals surface area contributed by atoms with E-state index in [1.54, 1.807) is 54.6 Å². The minimum absolute atomic E-state index is 0.00693. The maximum Gasteiger partial charge on any atom is 0.355 e. The molecule has 1 unspecified atom stereocenters. The number of methoxy groups -OCH3 is 2. The Labute approximate surface area is 239 Å². The summed E-state index contributed by atoms with van der Waals surface area (Å²) in [6.45, 7) is 0.